The fourth-order valence-electron chi connectivity index (χ4n) is 3.66. The minimum absolute atomic E-state index is 0.420. The molecule has 2 aliphatic rings. The molecule has 0 spiro atoms. The molecule has 2 N–H and O–H groups in total. The van der Waals surface area contributed by atoms with E-state index in [0.29, 0.717) is 6.04 Å². The van der Waals surface area contributed by atoms with Gasteiger partial charge in [0.25, 0.3) is 0 Å². The maximum absolute atomic E-state index is 11.8. The molecule has 2 saturated heterocycles. The normalized spacial score (nSPS) is 24.3. The lowest BCUT2D eigenvalue weighted by molar-refractivity contribution is 0.0636. The van der Waals surface area contributed by atoms with Crippen molar-refractivity contribution in [2.24, 2.45) is 0 Å². The number of ether oxygens (including phenoxy) is 1. The molecule has 5 nitrogen and oxygen atoms in total. The molecule has 2 atom stereocenters. The summed E-state index contributed by atoms with van der Waals surface area (Å²) < 4.78 is 5.26. The Bertz CT molecular complexity index is 565. The van der Waals surface area contributed by atoms with E-state index in [-0.39, 0.29) is 0 Å². The average Bonchev–Trinajstić information content (AvgIpc) is 2.95. The van der Waals surface area contributed by atoms with Crippen LogP contribution in [0.25, 0.3) is 0 Å². The van der Waals surface area contributed by atoms with Crippen LogP contribution in [0.5, 0.6) is 0 Å². The Labute approximate surface area is 144 Å². The van der Waals surface area contributed by atoms with E-state index in [1.807, 2.05) is 45.0 Å². The second kappa shape index (κ2) is 7.01. The largest absolute Gasteiger partial charge is 0.444 e. The Hall–Kier alpha value is -1.75. The van der Waals surface area contributed by atoms with Gasteiger partial charge in [-0.2, -0.15) is 0 Å². The van der Waals surface area contributed by atoms with E-state index in [4.69, 9.17) is 4.74 Å². The molecule has 0 unspecified atom stereocenters. The third kappa shape index (κ3) is 4.63. The minimum Gasteiger partial charge on any atom is -0.444 e. The Kier molecular flexibility index (Phi) is 4.99. The number of carbonyl (C=O) groups excluding carboxylic acids is 1. The van der Waals surface area contributed by atoms with E-state index in [9.17, 15) is 4.79 Å². The monoisotopic (exact) mass is 331 g/mol. The van der Waals surface area contributed by atoms with Gasteiger partial charge in [0.05, 0.1) is 0 Å². The molecule has 0 saturated carbocycles. The van der Waals surface area contributed by atoms with Gasteiger partial charge < -0.3 is 15.0 Å². The zero-order valence-corrected chi connectivity index (χ0v) is 15.0. The predicted molar refractivity (Wildman–Crippen MR) is 97.5 cm³/mol. The maximum atomic E-state index is 11.8. The summed E-state index contributed by atoms with van der Waals surface area (Å²) in [6, 6.07) is 9.19. The summed E-state index contributed by atoms with van der Waals surface area (Å²) >= 11 is 0. The molecule has 0 aliphatic carbocycles. The van der Waals surface area contributed by atoms with Gasteiger partial charge in [-0.15, -0.1) is 0 Å². The molecular weight excluding hydrogens is 302 g/mol. The average molecular weight is 331 g/mol. The summed E-state index contributed by atoms with van der Waals surface area (Å²) in [5.74, 6) is 0. The molecule has 2 heterocycles. The summed E-state index contributed by atoms with van der Waals surface area (Å²) in [6.45, 7) is 8.06. The van der Waals surface area contributed by atoms with Crippen LogP contribution in [0.4, 0.5) is 16.2 Å². The van der Waals surface area contributed by atoms with Gasteiger partial charge in [-0.05, 0) is 77.3 Å². The van der Waals surface area contributed by atoms with Crippen molar-refractivity contribution in [3.05, 3.63) is 24.3 Å². The van der Waals surface area contributed by atoms with Gasteiger partial charge in [0.1, 0.15) is 5.60 Å². The second-order valence-electron chi connectivity index (χ2n) is 7.90. The highest BCUT2D eigenvalue weighted by atomic mass is 16.6. The highest BCUT2D eigenvalue weighted by Gasteiger charge is 2.31. The molecule has 132 valence electrons. The highest BCUT2D eigenvalue weighted by Crippen LogP contribution is 2.28. The summed E-state index contributed by atoms with van der Waals surface area (Å²) in [6.07, 6.45) is 4.71. The molecule has 0 bridgehead atoms. The zero-order chi connectivity index (χ0) is 17.2. The van der Waals surface area contributed by atoms with Crippen molar-refractivity contribution in [3.63, 3.8) is 0 Å². The molecule has 1 amide bonds. The van der Waals surface area contributed by atoms with Gasteiger partial charge >= 0.3 is 6.09 Å². The van der Waals surface area contributed by atoms with Gasteiger partial charge in [-0.1, -0.05) is 0 Å². The topological polar surface area (TPSA) is 53.6 Å². The van der Waals surface area contributed by atoms with Crippen molar-refractivity contribution >= 4 is 17.5 Å². The Morgan fingerprint density at radius 3 is 2.54 bits per heavy atom. The lowest BCUT2D eigenvalue weighted by Crippen LogP contribution is -2.42. The number of amides is 1. The number of nitrogens with one attached hydrogen (secondary N) is 2. The quantitative estimate of drug-likeness (QED) is 0.876. The van der Waals surface area contributed by atoms with Crippen LogP contribution in [-0.4, -0.2) is 41.8 Å². The number of carbonyl (C=O) groups is 1. The third-order valence-electron chi connectivity index (χ3n) is 4.72. The zero-order valence-electron chi connectivity index (χ0n) is 15.0. The first kappa shape index (κ1) is 17.1. The fraction of sp³-hybridized carbons (Fsp3) is 0.632. The van der Waals surface area contributed by atoms with Gasteiger partial charge in [-0.3, -0.25) is 5.32 Å². The van der Waals surface area contributed by atoms with Crippen molar-refractivity contribution in [2.45, 2.75) is 64.1 Å². The predicted octanol–water partition coefficient (Wildman–Crippen LogP) is 4.07. The lowest BCUT2D eigenvalue weighted by atomic mass is 9.97. The van der Waals surface area contributed by atoms with Crippen molar-refractivity contribution in [1.82, 2.24) is 4.90 Å². The molecule has 0 aromatic heterocycles. The first-order chi connectivity index (χ1) is 11.4. The summed E-state index contributed by atoms with van der Waals surface area (Å²) in [7, 11) is 0. The summed E-state index contributed by atoms with van der Waals surface area (Å²) in [5, 5.41) is 6.41. The molecule has 0 radical (unpaired) electrons. The van der Waals surface area contributed by atoms with Crippen LogP contribution in [0.15, 0.2) is 24.3 Å². The van der Waals surface area contributed by atoms with E-state index in [2.05, 4.69) is 15.5 Å². The standard InChI is InChI=1S/C19H29N3O2/c1-19(2,3)24-18(23)21-15-8-6-14(7-9-15)20-16-10-12-22-11-4-5-17(22)13-16/h6-9,16-17,20H,4-5,10-13H2,1-3H3,(H,21,23)/t16-,17+/m0/s1. The van der Waals surface area contributed by atoms with Crippen molar-refractivity contribution in [1.29, 1.82) is 0 Å². The van der Waals surface area contributed by atoms with Crippen LogP contribution < -0.4 is 10.6 Å². The molecule has 1 aromatic carbocycles. The molecule has 2 fully saturated rings. The van der Waals surface area contributed by atoms with Crippen molar-refractivity contribution in [3.8, 4) is 0 Å². The van der Waals surface area contributed by atoms with E-state index >= 15 is 0 Å². The second-order valence-corrected chi connectivity index (χ2v) is 7.90. The Balaban J connectivity index is 1.50. The van der Waals surface area contributed by atoms with Crippen LogP contribution in [0.1, 0.15) is 46.5 Å². The Morgan fingerprint density at radius 1 is 1.12 bits per heavy atom. The highest BCUT2D eigenvalue weighted by molar-refractivity contribution is 5.85. The van der Waals surface area contributed by atoms with Crippen LogP contribution in [-0.2, 0) is 4.74 Å². The van der Waals surface area contributed by atoms with Crippen LogP contribution in [0.2, 0.25) is 0 Å². The smallest absolute Gasteiger partial charge is 0.412 e. The van der Waals surface area contributed by atoms with Crippen molar-refractivity contribution in [2.75, 3.05) is 23.7 Å². The third-order valence-corrected chi connectivity index (χ3v) is 4.72. The van der Waals surface area contributed by atoms with Gasteiger partial charge in [-0.25, -0.2) is 4.79 Å². The summed E-state index contributed by atoms with van der Waals surface area (Å²) in [4.78, 5) is 14.4. The Morgan fingerprint density at radius 2 is 1.83 bits per heavy atom. The van der Waals surface area contributed by atoms with Crippen LogP contribution >= 0.6 is 0 Å². The first-order valence-corrected chi connectivity index (χ1v) is 9.00. The van der Waals surface area contributed by atoms with E-state index in [1.165, 1.54) is 38.8 Å². The number of fused-ring (bicyclic) bond motifs is 1. The minimum atomic E-state index is -0.485. The molecule has 2 aliphatic heterocycles. The summed E-state index contributed by atoms with van der Waals surface area (Å²) in [5.41, 5.74) is 1.38. The SMILES string of the molecule is CC(C)(C)OC(=O)Nc1ccc(N[C@H]2CCN3CCC[C@@H]3C2)cc1. The number of benzene rings is 1. The van der Waals surface area contributed by atoms with Crippen LogP contribution in [0.3, 0.4) is 0 Å². The van der Waals surface area contributed by atoms with Gasteiger partial charge in [0.2, 0.25) is 0 Å². The lowest BCUT2D eigenvalue weighted by Gasteiger charge is -2.35. The molecule has 1 aromatic rings. The van der Waals surface area contributed by atoms with E-state index in [0.717, 1.165) is 17.4 Å². The molecule has 24 heavy (non-hydrogen) atoms. The van der Waals surface area contributed by atoms with Crippen molar-refractivity contribution < 1.29 is 9.53 Å². The number of hydrogen-bond acceptors (Lipinski definition) is 4. The number of rotatable bonds is 3. The maximum Gasteiger partial charge on any atom is 0.412 e. The number of anilines is 2. The van der Waals surface area contributed by atoms with Gasteiger partial charge in [0.15, 0.2) is 0 Å². The number of hydrogen-bond donors (Lipinski definition) is 2. The van der Waals surface area contributed by atoms with E-state index in [1.54, 1.807) is 0 Å². The van der Waals surface area contributed by atoms with Crippen LogP contribution in [0, 0.1) is 0 Å². The fourth-order valence-corrected chi connectivity index (χ4v) is 3.66. The van der Waals surface area contributed by atoms with E-state index < -0.39 is 11.7 Å². The number of piperidine rings is 1. The molecular formula is C19H29N3O2. The molecule has 5 heteroatoms. The number of nitrogens with zero attached hydrogens (tertiary/aromatic N) is 1. The first-order valence-electron chi connectivity index (χ1n) is 9.00. The van der Waals surface area contributed by atoms with Gasteiger partial charge in [0, 0.05) is 30.0 Å². The molecule has 3 rings (SSSR count).